The fourth-order valence-electron chi connectivity index (χ4n) is 2.54. The number of pyridine rings is 1. The quantitative estimate of drug-likeness (QED) is 0.464. The summed E-state index contributed by atoms with van der Waals surface area (Å²) in [6, 6.07) is 7.18. The van der Waals surface area contributed by atoms with Crippen molar-refractivity contribution in [2.45, 2.75) is 20.5 Å². The highest BCUT2D eigenvalue weighted by atomic mass is 127. The van der Waals surface area contributed by atoms with Crippen LogP contribution < -0.4 is 9.64 Å². The summed E-state index contributed by atoms with van der Waals surface area (Å²) in [6.07, 6.45) is 1.94. The van der Waals surface area contributed by atoms with Gasteiger partial charge in [-0.15, -0.1) is 0 Å². The number of anilines is 1. The molecule has 0 spiro atoms. The minimum absolute atomic E-state index is 0.117. The van der Waals surface area contributed by atoms with E-state index in [4.69, 9.17) is 27.9 Å². The molecule has 0 atom stereocenters. The molecule has 8 heteroatoms. The molecular formula is C18H16Cl2IN3O2. The molecule has 26 heavy (non-hydrogen) atoms. The number of amides is 1. The van der Waals surface area contributed by atoms with Crippen LogP contribution in [0.2, 0.25) is 10.0 Å². The first-order chi connectivity index (χ1) is 12.3. The topological polar surface area (TPSA) is 46.8 Å². The Balaban J connectivity index is 1.94. The lowest BCUT2D eigenvalue weighted by Gasteiger charge is -2.19. The van der Waals surface area contributed by atoms with Gasteiger partial charge in [0.2, 0.25) is 5.91 Å². The zero-order valence-electron chi connectivity index (χ0n) is 14.4. The van der Waals surface area contributed by atoms with E-state index in [-0.39, 0.29) is 12.5 Å². The first-order valence-corrected chi connectivity index (χ1v) is 9.62. The molecule has 5 nitrogen and oxygen atoms in total. The average Bonchev–Trinajstić information content (AvgIpc) is 2.89. The van der Waals surface area contributed by atoms with Gasteiger partial charge in [-0.2, -0.15) is 0 Å². The second kappa shape index (κ2) is 7.62. The summed E-state index contributed by atoms with van der Waals surface area (Å²) in [5, 5.41) is 0.882. The predicted molar refractivity (Wildman–Crippen MR) is 113 cm³/mol. The van der Waals surface area contributed by atoms with Crippen LogP contribution in [0.15, 0.2) is 30.5 Å². The molecule has 0 N–H and O–H groups in total. The van der Waals surface area contributed by atoms with Gasteiger partial charge in [-0.3, -0.25) is 9.20 Å². The third kappa shape index (κ3) is 3.50. The number of hydrogen-bond donors (Lipinski definition) is 0. The lowest BCUT2D eigenvalue weighted by molar-refractivity contribution is -0.116. The molecule has 0 saturated carbocycles. The van der Waals surface area contributed by atoms with E-state index in [2.05, 4.69) is 27.6 Å². The lowest BCUT2D eigenvalue weighted by Crippen LogP contribution is -2.23. The summed E-state index contributed by atoms with van der Waals surface area (Å²) in [7, 11) is 1.66. The maximum Gasteiger partial charge on any atom is 0.223 e. The van der Waals surface area contributed by atoms with Crippen LogP contribution in [0.25, 0.3) is 5.65 Å². The Morgan fingerprint density at radius 3 is 2.77 bits per heavy atom. The number of rotatable bonds is 4. The summed E-state index contributed by atoms with van der Waals surface area (Å²) < 4.78 is 8.97. The zero-order valence-corrected chi connectivity index (χ0v) is 18.1. The summed E-state index contributed by atoms with van der Waals surface area (Å²) in [5.41, 5.74) is 2.88. The SMILES string of the molecule is CC(=O)N(C)c1ccc(Cl)c(COc2cccn3c(I)c(C)nc23)c1Cl. The number of ether oxygens (including phenoxy) is 1. The van der Waals surface area contributed by atoms with Crippen LogP contribution in [0.3, 0.4) is 0 Å². The predicted octanol–water partition coefficient (Wildman–Crippen LogP) is 5.12. The van der Waals surface area contributed by atoms with Gasteiger partial charge in [-0.05, 0) is 53.8 Å². The van der Waals surface area contributed by atoms with Gasteiger partial charge in [0.05, 0.1) is 16.4 Å². The van der Waals surface area contributed by atoms with Crippen LogP contribution in [0.1, 0.15) is 18.2 Å². The van der Waals surface area contributed by atoms with E-state index in [1.807, 2.05) is 29.7 Å². The van der Waals surface area contributed by atoms with E-state index in [0.717, 1.165) is 15.0 Å². The molecule has 0 bridgehead atoms. The molecule has 0 unspecified atom stereocenters. The van der Waals surface area contributed by atoms with E-state index in [9.17, 15) is 4.79 Å². The van der Waals surface area contributed by atoms with Crippen LogP contribution >= 0.6 is 45.8 Å². The fraction of sp³-hybridized carbons (Fsp3) is 0.222. The summed E-state index contributed by atoms with van der Waals surface area (Å²) in [5.74, 6) is 0.518. The monoisotopic (exact) mass is 503 g/mol. The number of carbonyl (C=O) groups is 1. The Morgan fingerprint density at radius 1 is 1.35 bits per heavy atom. The third-order valence-corrected chi connectivity index (χ3v) is 6.16. The minimum Gasteiger partial charge on any atom is -0.485 e. The van der Waals surface area contributed by atoms with Crippen molar-refractivity contribution >= 4 is 63.0 Å². The maximum atomic E-state index is 11.6. The number of aryl methyl sites for hydroxylation is 1. The molecule has 1 aromatic carbocycles. The Bertz CT molecular complexity index is 1000. The smallest absolute Gasteiger partial charge is 0.223 e. The van der Waals surface area contributed by atoms with Gasteiger partial charge in [-0.1, -0.05) is 23.2 Å². The van der Waals surface area contributed by atoms with E-state index < -0.39 is 0 Å². The molecular weight excluding hydrogens is 488 g/mol. The highest BCUT2D eigenvalue weighted by Crippen LogP contribution is 2.35. The number of carbonyl (C=O) groups excluding carboxylic acids is 1. The third-order valence-electron chi connectivity index (χ3n) is 4.09. The van der Waals surface area contributed by atoms with Crippen molar-refractivity contribution in [2.24, 2.45) is 0 Å². The Labute approximate surface area is 175 Å². The number of fused-ring (bicyclic) bond motifs is 1. The maximum absolute atomic E-state index is 11.6. The molecule has 2 heterocycles. The molecule has 3 aromatic rings. The van der Waals surface area contributed by atoms with E-state index in [1.165, 1.54) is 11.8 Å². The molecule has 3 rings (SSSR count). The first-order valence-electron chi connectivity index (χ1n) is 7.78. The molecule has 0 saturated heterocycles. The largest absolute Gasteiger partial charge is 0.485 e. The van der Waals surface area contributed by atoms with Crippen molar-refractivity contribution in [3.05, 3.63) is 55.5 Å². The highest BCUT2D eigenvalue weighted by molar-refractivity contribution is 14.1. The second-order valence-corrected chi connectivity index (χ2v) is 7.59. The average molecular weight is 504 g/mol. The van der Waals surface area contributed by atoms with Crippen molar-refractivity contribution in [3.63, 3.8) is 0 Å². The van der Waals surface area contributed by atoms with Gasteiger partial charge in [-0.25, -0.2) is 4.98 Å². The number of halogens is 3. The van der Waals surface area contributed by atoms with Gasteiger partial charge < -0.3 is 9.64 Å². The highest BCUT2D eigenvalue weighted by Gasteiger charge is 2.17. The van der Waals surface area contributed by atoms with Crippen LogP contribution in [-0.4, -0.2) is 22.3 Å². The van der Waals surface area contributed by atoms with Crippen molar-refractivity contribution in [2.75, 3.05) is 11.9 Å². The molecule has 1 amide bonds. The fourth-order valence-corrected chi connectivity index (χ4v) is 3.65. The van der Waals surface area contributed by atoms with Crippen molar-refractivity contribution in [1.82, 2.24) is 9.38 Å². The summed E-state index contributed by atoms with van der Waals surface area (Å²) in [6.45, 7) is 3.59. The van der Waals surface area contributed by atoms with Crippen LogP contribution in [-0.2, 0) is 11.4 Å². The second-order valence-electron chi connectivity index (χ2n) is 5.78. The standard InChI is InChI=1S/C18H16Cl2IN3O2/c1-10-17(21)24-8-4-5-15(18(24)22-10)26-9-12-13(19)6-7-14(16(12)20)23(3)11(2)25/h4-8H,9H2,1-3H3. The number of nitrogens with zero attached hydrogens (tertiary/aromatic N) is 3. The molecule has 0 aliphatic rings. The Hall–Kier alpha value is -1.51. The normalized spacial score (nSPS) is 11.0. The van der Waals surface area contributed by atoms with Gasteiger partial charge in [0.1, 0.15) is 10.3 Å². The van der Waals surface area contributed by atoms with Crippen LogP contribution in [0, 0.1) is 10.6 Å². The van der Waals surface area contributed by atoms with E-state index in [0.29, 0.717) is 27.0 Å². The number of aromatic nitrogens is 2. The van der Waals surface area contributed by atoms with Gasteiger partial charge in [0.15, 0.2) is 11.4 Å². The molecule has 0 fully saturated rings. The minimum atomic E-state index is -0.117. The van der Waals surface area contributed by atoms with Gasteiger partial charge in [0.25, 0.3) is 0 Å². The molecule has 2 aromatic heterocycles. The molecule has 0 aliphatic heterocycles. The number of imidazole rings is 1. The van der Waals surface area contributed by atoms with Crippen LogP contribution in [0.4, 0.5) is 5.69 Å². The van der Waals surface area contributed by atoms with Crippen molar-refractivity contribution in [3.8, 4) is 5.75 Å². The van der Waals surface area contributed by atoms with Crippen molar-refractivity contribution in [1.29, 1.82) is 0 Å². The summed E-state index contributed by atoms with van der Waals surface area (Å²) in [4.78, 5) is 17.7. The molecule has 0 radical (unpaired) electrons. The van der Waals surface area contributed by atoms with Crippen LogP contribution in [0.5, 0.6) is 5.75 Å². The summed E-state index contributed by atoms with van der Waals surface area (Å²) >= 11 is 15.0. The molecule has 0 aliphatic carbocycles. The van der Waals surface area contributed by atoms with Gasteiger partial charge in [0, 0.05) is 30.8 Å². The van der Waals surface area contributed by atoms with E-state index in [1.54, 1.807) is 19.2 Å². The Kier molecular flexibility index (Phi) is 5.64. The molecule has 136 valence electrons. The zero-order chi connectivity index (χ0) is 19.0. The van der Waals surface area contributed by atoms with Crippen molar-refractivity contribution < 1.29 is 9.53 Å². The number of benzene rings is 1. The lowest BCUT2D eigenvalue weighted by atomic mass is 10.2. The van der Waals surface area contributed by atoms with Gasteiger partial charge >= 0.3 is 0 Å². The number of hydrogen-bond acceptors (Lipinski definition) is 3. The Morgan fingerprint density at radius 2 is 2.08 bits per heavy atom. The first kappa shape index (κ1) is 19.3. The van der Waals surface area contributed by atoms with E-state index >= 15 is 0 Å².